The van der Waals surface area contributed by atoms with Crippen LogP contribution in [-0.4, -0.2) is 46.9 Å². The first-order valence-electron chi connectivity index (χ1n) is 10.3. The second-order valence-electron chi connectivity index (χ2n) is 10.8. The van der Waals surface area contributed by atoms with E-state index >= 15 is 0 Å². The molecule has 0 radical (unpaired) electrons. The fraction of sp³-hybridized carbons (Fsp3) is 0.955. The number of hydrogen-bond acceptors (Lipinski definition) is 5. The number of hydrogen-bond donors (Lipinski definition) is 1. The highest BCUT2D eigenvalue weighted by atomic mass is 32.2. The van der Waals surface area contributed by atoms with Crippen LogP contribution < -0.4 is 4.72 Å². The Hall–Kier alpha value is -0.260. The summed E-state index contributed by atoms with van der Waals surface area (Å²) in [5.41, 5.74) is 0.0767. The molecule has 2 atom stereocenters. The number of carbonyl (C=O) groups excluding carboxylic acids is 1. The molecule has 0 spiro atoms. The van der Waals surface area contributed by atoms with Crippen molar-refractivity contribution in [3.63, 3.8) is 0 Å². The van der Waals surface area contributed by atoms with Crippen LogP contribution in [0, 0.1) is 11.8 Å². The first-order valence-corrected chi connectivity index (χ1v) is 11.2. The van der Waals surface area contributed by atoms with Gasteiger partial charge in [-0.25, -0.2) is 0 Å². The van der Waals surface area contributed by atoms with Crippen molar-refractivity contribution in [3.05, 3.63) is 0 Å². The van der Waals surface area contributed by atoms with Crippen molar-refractivity contribution < 1.29 is 9.53 Å². The molecule has 0 saturated carbocycles. The van der Waals surface area contributed by atoms with Crippen LogP contribution in [0.4, 0.5) is 0 Å². The molecule has 162 valence electrons. The standard InChI is InChI=1S/C17H36N2S.C5H10O2/c1-13(2)15(18-20-16(3,4)5)10-9-14-11-17(6,7)19(8)12-14;1-5(2,3)7-4-6/h13-15,18H,9-12H2,1-8H3;4H,1-3H3. The summed E-state index contributed by atoms with van der Waals surface area (Å²) in [6.07, 6.45) is 4.00. The average molecular weight is 403 g/mol. The smallest absolute Gasteiger partial charge is 0.293 e. The van der Waals surface area contributed by atoms with Crippen molar-refractivity contribution in [2.24, 2.45) is 11.8 Å². The molecule has 0 bridgehead atoms. The summed E-state index contributed by atoms with van der Waals surface area (Å²) in [6.45, 7) is 23.4. The number of ether oxygens (including phenoxy) is 1. The second-order valence-corrected chi connectivity index (χ2v) is 12.5. The maximum Gasteiger partial charge on any atom is 0.293 e. The van der Waals surface area contributed by atoms with E-state index in [4.69, 9.17) is 0 Å². The van der Waals surface area contributed by atoms with Crippen LogP contribution >= 0.6 is 11.9 Å². The van der Waals surface area contributed by atoms with Crippen molar-refractivity contribution >= 4 is 18.4 Å². The highest BCUT2D eigenvalue weighted by Gasteiger charge is 2.35. The molecule has 0 aromatic carbocycles. The summed E-state index contributed by atoms with van der Waals surface area (Å²) < 4.78 is 8.56. The van der Waals surface area contributed by atoms with Gasteiger partial charge < -0.3 is 9.64 Å². The fourth-order valence-corrected chi connectivity index (χ4v) is 3.99. The van der Waals surface area contributed by atoms with Gasteiger partial charge in [0, 0.05) is 22.9 Å². The Morgan fingerprint density at radius 2 is 1.78 bits per heavy atom. The van der Waals surface area contributed by atoms with E-state index in [0.717, 1.165) is 5.92 Å². The van der Waals surface area contributed by atoms with Crippen molar-refractivity contribution in [2.45, 2.75) is 110 Å². The Bertz CT molecular complexity index is 425. The van der Waals surface area contributed by atoms with E-state index in [-0.39, 0.29) is 5.60 Å². The van der Waals surface area contributed by atoms with Gasteiger partial charge in [-0.3, -0.25) is 9.52 Å². The summed E-state index contributed by atoms with van der Waals surface area (Å²) in [4.78, 5) is 12.1. The van der Waals surface area contributed by atoms with Gasteiger partial charge >= 0.3 is 0 Å². The summed E-state index contributed by atoms with van der Waals surface area (Å²) in [5.74, 6) is 1.58. The number of rotatable bonds is 7. The van der Waals surface area contributed by atoms with Crippen LogP contribution in [0.5, 0.6) is 0 Å². The van der Waals surface area contributed by atoms with Gasteiger partial charge in [0.25, 0.3) is 6.47 Å². The molecule has 0 aromatic rings. The number of likely N-dealkylation sites (tertiary alicyclic amines) is 1. The Labute approximate surface area is 173 Å². The second kappa shape index (κ2) is 11.1. The Morgan fingerprint density at radius 1 is 1.22 bits per heavy atom. The molecule has 5 heteroatoms. The minimum atomic E-state index is -0.318. The lowest BCUT2D eigenvalue weighted by molar-refractivity contribution is -0.138. The molecule has 4 nitrogen and oxygen atoms in total. The van der Waals surface area contributed by atoms with E-state index in [9.17, 15) is 4.79 Å². The van der Waals surface area contributed by atoms with E-state index in [2.05, 4.69) is 69.9 Å². The number of nitrogens with zero attached hydrogens (tertiary/aromatic N) is 1. The van der Waals surface area contributed by atoms with Crippen molar-refractivity contribution in [1.29, 1.82) is 0 Å². The van der Waals surface area contributed by atoms with E-state index in [1.807, 2.05) is 32.7 Å². The van der Waals surface area contributed by atoms with Gasteiger partial charge in [0.1, 0.15) is 5.60 Å². The predicted octanol–water partition coefficient (Wildman–Crippen LogP) is 5.52. The molecule has 0 amide bonds. The minimum Gasteiger partial charge on any atom is -0.462 e. The van der Waals surface area contributed by atoms with Crippen molar-refractivity contribution in [3.8, 4) is 0 Å². The van der Waals surface area contributed by atoms with Crippen LogP contribution in [0.1, 0.15) is 88.5 Å². The third-order valence-electron chi connectivity index (χ3n) is 4.96. The monoisotopic (exact) mass is 402 g/mol. The first-order chi connectivity index (χ1) is 12.1. The molecule has 1 rings (SSSR count). The van der Waals surface area contributed by atoms with Crippen LogP contribution in [0.2, 0.25) is 0 Å². The highest BCUT2D eigenvalue weighted by Crippen LogP contribution is 2.34. The number of nitrogens with one attached hydrogen (secondary N) is 1. The van der Waals surface area contributed by atoms with E-state index in [1.165, 1.54) is 25.8 Å². The molecule has 27 heavy (non-hydrogen) atoms. The molecule has 2 unspecified atom stereocenters. The molecule has 1 saturated heterocycles. The van der Waals surface area contributed by atoms with Crippen LogP contribution in [0.25, 0.3) is 0 Å². The third kappa shape index (κ3) is 12.7. The van der Waals surface area contributed by atoms with Gasteiger partial charge in [-0.2, -0.15) is 0 Å². The van der Waals surface area contributed by atoms with E-state index in [0.29, 0.717) is 28.7 Å². The molecular weight excluding hydrogens is 356 g/mol. The third-order valence-corrected chi connectivity index (χ3v) is 6.00. The van der Waals surface area contributed by atoms with Gasteiger partial charge in [-0.15, -0.1) is 0 Å². The van der Waals surface area contributed by atoms with E-state index in [1.54, 1.807) is 0 Å². The van der Waals surface area contributed by atoms with Crippen LogP contribution in [0.15, 0.2) is 0 Å². The lowest BCUT2D eigenvalue weighted by Gasteiger charge is -2.27. The molecule has 1 aliphatic heterocycles. The number of carbonyl (C=O) groups is 1. The molecule has 1 heterocycles. The maximum atomic E-state index is 9.60. The lowest BCUT2D eigenvalue weighted by Crippen LogP contribution is -2.34. The SMILES string of the molecule is CC(C)(C)OC=O.CC(C)C(CCC1CN(C)C(C)(C)C1)NSC(C)(C)C. The van der Waals surface area contributed by atoms with Crippen molar-refractivity contribution in [2.75, 3.05) is 13.6 Å². The van der Waals surface area contributed by atoms with Gasteiger partial charge in [0.05, 0.1) is 0 Å². The maximum absolute atomic E-state index is 9.60. The van der Waals surface area contributed by atoms with Gasteiger partial charge in [-0.05, 0) is 93.5 Å². The summed E-state index contributed by atoms with van der Waals surface area (Å²) >= 11 is 1.89. The lowest BCUT2D eigenvalue weighted by atomic mass is 9.90. The largest absolute Gasteiger partial charge is 0.462 e. The Balaban J connectivity index is 0.000000821. The first kappa shape index (κ1) is 26.7. The highest BCUT2D eigenvalue weighted by molar-refractivity contribution is 7.98. The van der Waals surface area contributed by atoms with Crippen molar-refractivity contribution in [1.82, 2.24) is 9.62 Å². The van der Waals surface area contributed by atoms with Gasteiger partial charge in [-0.1, -0.05) is 25.8 Å². The van der Waals surface area contributed by atoms with Crippen LogP contribution in [-0.2, 0) is 9.53 Å². The molecule has 0 aliphatic carbocycles. The zero-order chi connectivity index (χ0) is 21.5. The topological polar surface area (TPSA) is 41.6 Å². The molecular formula is C22H46N2O2S. The fourth-order valence-electron chi connectivity index (χ4n) is 3.10. The van der Waals surface area contributed by atoms with Gasteiger partial charge in [0.15, 0.2) is 0 Å². The molecule has 1 N–H and O–H groups in total. The molecule has 0 aromatic heterocycles. The summed E-state index contributed by atoms with van der Waals surface area (Å²) in [6, 6.07) is 0.633. The summed E-state index contributed by atoms with van der Waals surface area (Å²) in [7, 11) is 2.27. The Morgan fingerprint density at radius 3 is 2.07 bits per heavy atom. The van der Waals surface area contributed by atoms with E-state index < -0.39 is 0 Å². The Kier molecular flexibility index (Phi) is 11.0. The zero-order valence-corrected chi connectivity index (χ0v) is 20.6. The normalized spacial score (nSPS) is 21.6. The zero-order valence-electron chi connectivity index (χ0n) is 19.8. The van der Waals surface area contributed by atoms with Crippen LogP contribution in [0.3, 0.4) is 0 Å². The summed E-state index contributed by atoms with van der Waals surface area (Å²) in [5, 5.41) is 0. The quantitative estimate of drug-likeness (QED) is 0.449. The molecule has 1 fully saturated rings. The minimum absolute atomic E-state index is 0.294. The average Bonchev–Trinajstić information content (AvgIpc) is 2.69. The predicted molar refractivity (Wildman–Crippen MR) is 120 cm³/mol. The van der Waals surface area contributed by atoms with Gasteiger partial charge in [0.2, 0.25) is 0 Å². The molecule has 1 aliphatic rings.